The molecule has 0 aromatic rings. The smallest absolute Gasteiger partial charge is 0.229 e. The van der Waals surface area contributed by atoms with Gasteiger partial charge in [-0.1, -0.05) is 12.2 Å². The third kappa shape index (κ3) is 7.55. The molecule has 0 heterocycles. The lowest BCUT2D eigenvalue weighted by atomic mass is 10.1. The highest BCUT2D eigenvalue weighted by Gasteiger charge is 2.14. The van der Waals surface area contributed by atoms with E-state index in [4.69, 9.17) is 5.73 Å². The van der Waals surface area contributed by atoms with Crippen molar-refractivity contribution in [2.45, 2.75) is 13.3 Å². The molecule has 0 bridgehead atoms. The van der Waals surface area contributed by atoms with Gasteiger partial charge in [0.15, 0.2) is 0 Å². The van der Waals surface area contributed by atoms with Crippen molar-refractivity contribution < 1.29 is 13.2 Å². The first-order chi connectivity index (χ1) is 7.24. The first-order valence-corrected chi connectivity index (χ1v) is 7.05. The summed E-state index contributed by atoms with van der Waals surface area (Å²) >= 11 is 4.67. The number of hydrogen-bond acceptors (Lipinski definition) is 4. The number of rotatable bonds is 7. The molecule has 0 aromatic carbocycles. The van der Waals surface area contributed by atoms with Crippen molar-refractivity contribution in [1.29, 1.82) is 0 Å². The van der Waals surface area contributed by atoms with Crippen LogP contribution in [0.4, 0.5) is 0 Å². The van der Waals surface area contributed by atoms with E-state index in [0.717, 1.165) is 6.26 Å². The van der Waals surface area contributed by atoms with Crippen LogP contribution in [0, 0.1) is 5.92 Å². The van der Waals surface area contributed by atoms with E-state index >= 15 is 0 Å². The largest absolute Gasteiger partial charge is 0.393 e. The lowest BCUT2D eigenvalue weighted by Gasteiger charge is -2.10. The second-order valence-corrected chi connectivity index (χ2v) is 5.74. The SMILES string of the molecule is CC(C(=O)NCCCNS(C)(=O)=O)C(N)=S. The number of thiocarbonyl (C=S) groups is 1. The van der Waals surface area contributed by atoms with Crippen molar-refractivity contribution >= 4 is 33.1 Å². The Morgan fingerprint density at radius 2 is 2.00 bits per heavy atom. The molecule has 1 atom stereocenters. The molecular weight excluding hydrogens is 250 g/mol. The first-order valence-electron chi connectivity index (χ1n) is 4.75. The van der Waals surface area contributed by atoms with Crippen LogP contribution in [0.15, 0.2) is 0 Å². The Bertz CT molecular complexity index is 354. The second-order valence-electron chi connectivity index (χ2n) is 3.44. The molecular formula is C8H17N3O3S2. The fourth-order valence-corrected chi connectivity index (χ4v) is 1.46. The molecule has 0 fully saturated rings. The van der Waals surface area contributed by atoms with Crippen molar-refractivity contribution in [3.05, 3.63) is 0 Å². The van der Waals surface area contributed by atoms with E-state index in [9.17, 15) is 13.2 Å². The predicted molar refractivity (Wildman–Crippen MR) is 66.4 cm³/mol. The second kappa shape index (κ2) is 6.77. The van der Waals surface area contributed by atoms with E-state index in [2.05, 4.69) is 22.3 Å². The zero-order valence-electron chi connectivity index (χ0n) is 9.32. The molecule has 0 saturated heterocycles. The van der Waals surface area contributed by atoms with Crippen LogP contribution in [0.2, 0.25) is 0 Å². The fourth-order valence-electron chi connectivity index (χ4n) is 0.840. The summed E-state index contributed by atoms with van der Waals surface area (Å²) < 4.78 is 23.7. The zero-order chi connectivity index (χ0) is 12.8. The number of hydrogen-bond donors (Lipinski definition) is 3. The molecule has 0 saturated carbocycles. The van der Waals surface area contributed by atoms with E-state index in [1.54, 1.807) is 6.92 Å². The number of sulfonamides is 1. The predicted octanol–water partition coefficient (Wildman–Crippen LogP) is -1.04. The van der Waals surface area contributed by atoms with Crippen LogP contribution in [0.3, 0.4) is 0 Å². The number of nitrogens with one attached hydrogen (secondary N) is 2. The van der Waals surface area contributed by atoms with Crippen molar-refractivity contribution in [1.82, 2.24) is 10.0 Å². The van der Waals surface area contributed by atoms with Crippen molar-refractivity contribution in [3.8, 4) is 0 Å². The molecule has 0 spiro atoms. The van der Waals surface area contributed by atoms with E-state index in [1.807, 2.05) is 0 Å². The van der Waals surface area contributed by atoms with Gasteiger partial charge in [0, 0.05) is 13.1 Å². The lowest BCUT2D eigenvalue weighted by Crippen LogP contribution is -2.37. The number of nitrogens with two attached hydrogens (primary N) is 1. The minimum absolute atomic E-state index is 0.145. The maximum Gasteiger partial charge on any atom is 0.229 e. The van der Waals surface area contributed by atoms with Gasteiger partial charge in [-0.15, -0.1) is 0 Å². The number of carbonyl (C=O) groups excluding carboxylic acids is 1. The third-order valence-electron chi connectivity index (χ3n) is 1.84. The molecule has 4 N–H and O–H groups in total. The molecule has 94 valence electrons. The van der Waals surface area contributed by atoms with Gasteiger partial charge >= 0.3 is 0 Å². The summed E-state index contributed by atoms with van der Waals surface area (Å²) in [5.41, 5.74) is 5.30. The molecule has 0 aliphatic heterocycles. The summed E-state index contributed by atoms with van der Waals surface area (Å²) in [5, 5.41) is 2.61. The van der Waals surface area contributed by atoms with Gasteiger partial charge in [0.1, 0.15) is 0 Å². The molecule has 6 nitrogen and oxygen atoms in total. The van der Waals surface area contributed by atoms with E-state index in [0.29, 0.717) is 19.5 Å². The van der Waals surface area contributed by atoms with E-state index in [-0.39, 0.29) is 10.9 Å². The van der Waals surface area contributed by atoms with Crippen LogP contribution in [0.5, 0.6) is 0 Å². The van der Waals surface area contributed by atoms with Crippen molar-refractivity contribution in [2.75, 3.05) is 19.3 Å². The van der Waals surface area contributed by atoms with Gasteiger partial charge in [0.05, 0.1) is 17.2 Å². The normalized spacial score (nSPS) is 13.1. The molecule has 0 radical (unpaired) electrons. The van der Waals surface area contributed by atoms with Gasteiger partial charge in [0.2, 0.25) is 15.9 Å². The topological polar surface area (TPSA) is 101 Å². The highest BCUT2D eigenvalue weighted by molar-refractivity contribution is 7.88. The maximum absolute atomic E-state index is 11.3. The molecule has 0 rings (SSSR count). The minimum atomic E-state index is -3.16. The van der Waals surface area contributed by atoms with Gasteiger partial charge < -0.3 is 11.1 Å². The minimum Gasteiger partial charge on any atom is -0.393 e. The molecule has 8 heteroatoms. The quantitative estimate of drug-likeness (QED) is 0.404. The Hall–Kier alpha value is -0.730. The molecule has 0 aliphatic rings. The fraction of sp³-hybridized carbons (Fsp3) is 0.750. The zero-order valence-corrected chi connectivity index (χ0v) is 11.0. The van der Waals surface area contributed by atoms with Gasteiger partial charge in [-0.05, 0) is 13.3 Å². The molecule has 0 aromatic heterocycles. The average molecular weight is 267 g/mol. The van der Waals surface area contributed by atoms with Gasteiger partial charge in [0.25, 0.3) is 0 Å². The standard InChI is InChI=1S/C8H17N3O3S2/c1-6(7(9)15)8(12)10-4-3-5-11-16(2,13)14/h6,11H,3-5H2,1-2H3,(H2,9,15)(H,10,12). The summed E-state index contributed by atoms with van der Waals surface area (Å²) in [5.74, 6) is -0.746. The summed E-state index contributed by atoms with van der Waals surface area (Å²) in [6.07, 6.45) is 1.60. The maximum atomic E-state index is 11.3. The van der Waals surface area contributed by atoms with Crippen LogP contribution < -0.4 is 15.8 Å². The van der Waals surface area contributed by atoms with Crippen LogP contribution in [-0.2, 0) is 14.8 Å². The van der Waals surface area contributed by atoms with Gasteiger partial charge in [-0.25, -0.2) is 13.1 Å². The number of amides is 1. The van der Waals surface area contributed by atoms with Crippen LogP contribution >= 0.6 is 12.2 Å². The van der Waals surface area contributed by atoms with Crippen LogP contribution in [-0.4, -0.2) is 38.7 Å². The van der Waals surface area contributed by atoms with E-state index in [1.165, 1.54) is 0 Å². The van der Waals surface area contributed by atoms with Gasteiger partial charge in [-0.2, -0.15) is 0 Å². The molecule has 0 aliphatic carbocycles. The Kier molecular flexibility index (Phi) is 6.46. The van der Waals surface area contributed by atoms with E-state index < -0.39 is 15.9 Å². The Balaban J connectivity index is 3.68. The van der Waals surface area contributed by atoms with Crippen LogP contribution in [0.25, 0.3) is 0 Å². The van der Waals surface area contributed by atoms with Crippen molar-refractivity contribution in [3.63, 3.8) is 0 Å². The summed E-state index contributed by atoms with van der Waals surface area (Å²) in [7, 11) is -3.16. The first kappa shape index (κ1) is 15.3. The summed E-state index contributed by atoms with van der Waals surface area (Å²) in [6.45, 7) is 2.29. The Morgan fingerprint density at radius 1 is 1.44 bits per heavy atom. The Labute approximate surface area is 101 Å². The molecule has 1 amide bonds. The highest BCUT2D eigenvalue weighted by atomic mass is 32.2. The van der Waals surface area contributed by atoms with Crippen LogP contribution in [0.1, 0.15) is 13.3 Å². The van der Waals surface area contributed by atoms with Crippen molar-refractivity contribution in [2.24, 2.45) is 11.7 Å². The lowest BCUT2D eigenvalue weighted by molar-refractivity contribution is -0.122. The Morgan fingerprint density at radius 3 is 2.44 bits per heavy atom. The average Bonchev–Trinajstić information content (AvgIpc) is 2.13. The summed E-state index contributed by atoms with van der Waals surface area (Å²) in [4.78, 5) is 11.5. The number of carbonyl (C=O) groups is 1. The molecule has 16 heavy (non-hydrogen) atoms. The summed E-state index contributed by atoms with van der Waals surface area (Å²) in [6, 6.07) is 0. The molecule has 1 unspecified atom stereocenters. The third-order valence-corrected chi connectivity index (χ3v) is 2.92. The highest BCUT2D eigenvalue weighted by Crippen LogP contribution is 1.94. The monoisotopic (exact) mass is 267 g/mol. The van der Waals surface area contributed by atoms with Gasteiger partial charge in [-0.3, -0.25) is 4.79 Å².